The summed E-state index contributed by atoms with van der Waals surface area (Å²) in [5.74, 6) is 0.572. The van der Waals surface area contributed by atoms with E-state index >= 15 is 0 Å². The van der Waals surface area contributed by atoms with Gasteiger partial charge in [0.2, 0.25) is 0 Å². The SMILES string of the molecule is COc1ccccc1-n1nccc(N)c1=O. The quantitative estimate of drug-likeness (QED) is 0.808. The molecule has 0 aliphatic rings. The highest BCUT2D eigenvalue weighted by molar-refractivity contribution is 5.47. The number of aromatic nitrogens is 2. The molecule has 5 heteroatoms. The third-order valence-electron chi connectivity index (χ3n) is 2.19. The third-order valence-corrected chi connectivity index (χ3v) is 2.19. The molecule has 0 radical (unpaired) electrons. The number of methoxy groups -OCH3 is 1. The average Bonchev–Trinajstić information content (AvgIpc) is 2.33. The Morgan fingerprint density at radius 3 is 2.81 bits per heavy atom. The summed E-state index contributed by atoms with van der Waals surface area (Å²) in [6.07, 6.45) is 1.48. The Hall–Kier alpha value is -2.30. The van der Waals surface area contributed by atoms with Gasteiger partial charge in [-0.25, -0.2) is 0 Å². The van der Waals surface area contributed by atoms with Crippen molar-refractivity contribution in [3.63, 3.8) is 0 Å². The lowest BCUT2D eigenvalue weighted by Gasteiger charge is -2.09. The zero-order valence-corrected chi connectivity index (χ0v) is 8.75. The molecule has 2 rings (SSSR count). The summed E-state index contributed by atoms with van der Waals surface area (Å²) >= 11 is 0. The van der Waals surface area contributed by atoms with Crippen molar-refractivity contribution in [2.45, 2.75) is 0 Å². The number of benzene rings is 1. The molecule has 0 amide bonds. The first-order chi connectivity index (χ1) is 7.74. The number of hydrogen-bond acceptors (Lipinski definition) is 4. The van der Waals surface area contributed by atoms with Gasteiger partial charge in [0.15, 0.2) is 0 Å². The van der Waals surface area contributed by atoms with Crippen LogP contribution in [0.4, 0.5) is 5.69 Å². The van der Waals surface area contributed by atoms with Crippen molar-refractivity contribution in [2.24, 2.45) is 0 Å². The maximum absolute atomic E-state index is 11.8. The Balaban J connectivity index is 2.68. The molecule has 1 aromatic carbocycles. The topological polar surface area (TPSA) is 70.1 Å². The molecule has 0 fully saturated rings. The standard InChI is InChI=1S/C11H11N3O2/c1-16-10-5-3-2-4-9(10)14-11(15)8(12)6-7-13-14/h2-7H,12H2,1H3. The number of para-hydroxylation sites is 2. The molecule has 0 spiro atoms. The van der Waals surface area contributed by atoms with Crippen LogP contribution in [0.3, 0.4) is 0 Å². The highest BCUT2D eigenvalue weighted by Crippen LogP contribution is 2.19. The molecule has 0 unspecified atom stereocenters. The predicted octanol–water partition coefficient (Wildman–Crippen LogP) is 0.823. The average molecular weight is 217 g/mol. The van der Waals surface area contributed by atoms with Crippen molar-refractivity contribution in [1.82, 2.24) is 9.78 Å². The van der Waals surface area contributed by atoms with Gasteiger partial charge in [-0.3, -0.25) is 4.79 Å². The van der Waals surface area contributed by atoms with Gasteiger partial charge in [0.25, 0.3) is 5.56 Å². The maximum Gasteiger partial charge on any atom is 0.294 e. The van der Waals surface area contributed by atoms with Crippen molar-refractivity contribution in [2.75, 3.05) is 12.8 Å². The molecule has 0 aliphatic heterocycles. The van der Waals surface area contributed by atoms with Crippen LogP contribution >= 0.6 is 0 Å². The highest BCUT2D eigenvalue weighted by atomic mass is 16.5. The lowest BCUT2D eigenvalue weighted by molar-refractivity contribution is 0.411. The Labute approximate surface area is 92.1 Å². The normalized spacial score (nSPS) is 10.1. The molecule has 1 heterocycles. The number of rotatable bonds is 2. The van der Waals surface area contributed by atoms with E-state index in [-0.39, 0.29) is 11.2 Å². The van der Waals surface area contributed by atoms with Crippen molar-refractivity contribution in [3.05, 3.63) is 46.9 Å². The molecule has 0 saturated heterocycles. The molecule has 82 valence electrons. The molecule has 1 aromatic heterocycles. The number of hydrogen-bond donors (Lipinski definition) is 1. The predicted molar refractivity (Wildman–Crippen MR) is 60.8 cm³/mol. The highest BCUT2D eigenvalue weighted by Gasteiger charge is 2.08. The Morgan fingerprint density at radius 1 is 1.31 bits per heavy atom. The van der Waals surface area contributed by atoms with E-state index in [0.717, 1.165) is 0 Å². The molecule has 16 heavy (non-hydrogen) atoms. The van der Waals surface area contributed by atoms with E-state index in [1.165, 1.54) is 24.1 Å². The first-order valence-corrected chi connectivity index (χ1v) is 4.71. The van der Waals surface area contributed by atoms with Gasteiger partial charge in [0.05, 0.1) is 13.3 Å². The van der Waals surface area contributed by atoms with Crippen molar-refractivity contribution >= 4 is 5.69 Å². The molecule has 0 atom stereocenters. The minimum Gasteiger partial charge on any atom is -0.494 e. The van der Waals surface area contributed by atoms with Gasteiger partial charge in [-0.15, -0.1) is 0 Å². The minimum absolute atomic E-state index is 0.154. The summed E-state index contributed by atoms with van der Waals surface area (Å²) in [5, 5.41) is 3.96. The molecular weight excluding hydrogens is 206 g/mol. The van der Waals surface area contributed by atoms with E-state index in [0.29, 0.717) is 11.4 Å². The van der Waals surface area contributed by atoms with Crippen LogP contribution in [0, 0.1) is 0 Å². The van der Waals surface area contributed by atoms with Crippen LogP contribution in [-0.4, -0.2) is 16.9 Å². The summed E-state index contributed by atoms with van der Waals surface area (Å²) in [7, 11) is 1.54. The fourth-order valence-corrected chi connectivity index (χ4v) is 1.40. The largest absolute Gasteiger partial charge is 0.494 e. The number of nitrogen functional groups attached to an aromatic ring is 1. The Bertz CT molecular complexity index is 563. The molecule has 0 saturated carbocycles. The van der Waals surface area contributed by atoms with Gasteiger partial charge in [0, 0.05) is 0 Å². The van der Waals surface area contributed by atoms with Crippen molar-refractivity contribution in [1.29, 1.82) is 0 Å². The van der Waals surface area contributed by atoms with Crippen LogP contribution in [0.5, 0.6) is 5.75 Å². The van der Waals surface area contributed by atoms with E-state index in [4.69, 9.17) is 10.5 Å². The summed E-state index contributed by atoms with van der Waals surface area (Å²) in [5.41, 5.74) is 5.91. The van der Waals surface area contributed by atoms with Gasteiger partial charge in [-0.2, -0.15) is 9.78 Å². The van der Waals surface area contributed by atoms with E-state index in [1.54, 1.807) is 18.2 Å². The van der Waals surface area contributed by atoms with Crippen LogP contribution in [-0.2, 0) is 0 Å². The van der Waals surface area contributed by atoms with Gasteiger partial charge in [0.1, 0.15) is 17.1 Å². The van der Waals surface area contributed by atoms with E-state index < -0.39 is 0 Å². The van der Waals surface area contributed by atoms with Crippen LogP contribution in [0.1, 0.15) is 0 Å². The molecule has 0 aliphatic carbocycles. The fourth-order valence-electron chi connectivity index (χ4n) is 1.40. The summed E-state index contributed by atoms with van der Waals surface area (Å²) in [4.78, 5) is 11.8. The van der Waals surface area contributed by atoms with E-state index in [2.05, 4.69) is 5.10 Å². The number of anilines is 1. The molecule has 0 bridgehead atoms. The lowest BCUT2D eigenvalue weighted by Crippen LogP contribution is -2.23. The van der Waals surface area contributed by atoms with Gasteiger partial charge in [-0.1, -0.05) is 12.1 Å². The zero-order valence-electron chi connectivity index (χ0n) is 8.75. The summed E-state index contributed by atoms with van der Waals surface area (Å²) < 4.78 is 6.37. The number of nitrogens with two attached hydrogens (primary N) is 1. The zero-order chi connectivity index (χ0) is 11.5. The first-order valence-electron chi connectivity index (χ1n) is 4.71. The second-order valence-electron chi connectivity index (χ2n) is 3.18. The number of ether oxygens (including phenoxy) is 1. The molecule has 2 N–H and O–H groups in total. The van der Waals surface area contributed by atoms with Crippen LogP contribution in [0.2, 0.25) is 0 Å². The summed E-state index contributed by atoms with van der Waals surface area (Å²) in [6, 6.07) is 8.59. The first kappa shape index (κ1) is 10.2. The van der Waals surface area contributed by atoms with E-state index in [1.807, 2.05) is 6.07 Å². The van der Waals surface area contributed by atoms with Crippen LogP contribution in [0.25, 0.3) is 5.69 Å². The molecular formula is C11H11N3O2. The number of nitrogens with zero attached hydrogens (tertiary/aromatic N) is 2. The van der Waals surface area contributed by atoms with Gasteiger partial charge in [-0.05, 0) is 18.2 Å². The third kappa shape index (κ3) is 1.63. The second-order valence-corrected chi connectivity index (χ2v) is 3.18. The Morgan fingerprint density at radius 2 is 2.06 bits per heavy atom. The van der Waals surface area contributed by atoms with Gasteiger partial charge >= 0.3 is 0 Å². The lowest BCUT2D eigenvalue weighted by atomic mass is 10.3. The Kier molecular flexibility index (Phi) is 2.59. The van der Waals surface area contributed by atoms with Crippen molar-refractivity contribution in [3.8, 4) is 11.4 Å². The fraction of sp³-hybridized carbons (Fsp3) is 0.0909. The molecule has 5 nitrogen and oxygen atoms in total. The smallest absolute Gasteiger partial charge is 0.294 e. The van der Waals surface area contributed by atoms with E-state index in [9.17, 15) is 4.79 Å². The van der Waals surface area contributed by atoms with Crippen molar-refractivity contribution < 1.29 is 4.74 Å². The summed E-state index contributed by atoms with van der Waals surface area (Å²) in [6.45, 7) is 0. The minimum atomic E-state index is -0.355. The van der Waals surface area contributed by atoms with Crippen LogP contribution in [0.15, 0.2) is 41.3 Å². The maximum atomic E-state index is 11.8. The van der Waals surface area contributed by atoms with Crippen LogP contribution < -0.4 is 16.0 Å². The molecule has 2 aromatic rings. The second kappa shape index (κ2) is 4.06. The van der Waals surface area contributed by atoms with Gasteiger partial charge < -0.3 is 10.5 Å². The monoisotopic (exact) mass is 217 g/mol.